The summed E-state index contributed by atoms with van der Waals surface area (Å²) < 4.78 is 1.42. The summed E-state index contributed by atoms with van der Waals surface area (Å²) in [5, 5.41) is 5.77. The monoisotopic (exact) mass is 396 g/mol. The van der Waals surface area contributed by atoms with E-state index in [1.54, 1.807) is 14.0 Å². The molecule has 0 bridgehead atoms. The van der Waals surface area contributed by atoms with Gasteiger partial charge in [-0.25, -0.2) is 9.97 Å². The van der Waals surface area contributed by atoms with E-state index in [-0.39, 0.29) is 11.5 Å². The highest BCUT2D eigenvalue weighted by atomic mass is 32.1. The number of carbonyl (C=O) groups is 1. The van der Waals surface area contributed by atoms with Crippen LogP contribution in [0.25, 0.3) is 21.5 Å². The number of nitrogens with one attached hydrogen (secondary N) is 1. The molecule has 3 aromatic heterocycles. The highest BCUT2D eigenvalue weighted by Crippen LogP contribution is 2.29. The van der Waals surface area contributed by atoms with Gasteiger partial charge in [0.2, 0.25) is 0 Å². The molecule has 27 heavy (non-hydrogen) atoms. The van der Waals surface area contributed by atoms with Gasteiger partial charge >= 0.3 is 0 Å². The number of hydrogen-bond donors (Lipinski definition) is 1. The van der Waals surface area contributed by atoms with E-state index in [2.05, 4.69) is 15.3 Å². The van der Waals surface area contributed by atoms with Gasteiger partial charge in [-0.1, -0.05) is 29.8 Å². The second kappa shape index (κ2) is 6.71. The van der Waals surface area contributed by atoms with Crippen LogP contribution in [0.1, 0.15) is 20.8 Å². The number of aromatic nitrogens is 3. The smallest absolute Gasteiger partial charge is 0.267 e. The average molecular weight is 396 g/mol. The maximum atomic E-state index is 12.7. The lowest BCUT2D eigenvalue weighted by Gasteiger charge is -2.01. The summed E-state index contributed by atoms with van der Waals surface area (Å²) in [6, 6.07) is 8.07. The van der Waals surface area contributed by atoms with Crippen LogP contribution in [-0.4, -0.2) is 20.4 Å². The predicted octanol–water partition coefficient (Wildman–Crippen LogP) is 3.99. The van der Waals surface area contributed by atoms with Crippen molar-refractivity contribution in [2.75, 3.05) is 5.32 Å². The van der Waals surface area contributed by atoms with Crippen molar-refractivity contribution < 1.29 is 4.79 Å². The SMILES string of the molecule is Cc1ccc(-c2csc(NC(=O)c3sc4ncn(C)c(=O)c4c3C)n2)cc1. The Balaban J connectivity index is 1.62. The largest absolute Gasteiger partial charge is 0.302 e. The predicted molar refractivity (Wildman–Crippen MR) is 110 cm³/mol. The lowest BCUT2D eigenvalue weighted by Crippen LogP contribution is -2.17. The molecule has 136 valence electrons. The summed E-state index contributed by atoms with van der Waals surface area (Å²) in [4.78, 5) is 34.8. The van der Waals surface area contributed by atoms with Crippen molar-refractivity contribution in [3.05, 3.63) is 62.3 Å². The van der Waals surface area contributed by atoms with Crippen molar-refractivity contribution in [1.82, 2.24) is 14.5 Å². The van der Waals surface area contributed by atoms with Crippen LogP contribution in [0.4, 0.5) is 5.13 Å². The molecule has 0 aliphatic rings. The quantitative estimate of drug-likeness (QED) is 0.568. The van der Waals surface area contributed by atoms with Crippen LogP contribution in [0.5, 0.6) is 0 Å². The van der Waals surface area contributed by atoms with Gasteiger partial charge in [0.05, 0.1) is 22.3 Å². The van der Waals surface area contributed by atoms with Gasteiger partial charge in [0, 0.05) is 18.0 Å². The number of anilines is 1. The Labute approximate surface area is 163 Å². The first kappa shape index (κ1) is 17.6. The van der Waals surface area contributed by atoms with E-state index in [1.165, 1.54) is 39.1 Å². The molecular formula is C19H16N4O2S2. The summed E-state index contributed by atoms with van der Waals surface area (Å²) in [6.45, 7) is 3.81. The van der Waals surface area contributed by atoms with Crippen LogP contribution < -0.4 is 10.9 Å². The number of nitrogens with zero attached hydrogens (tertiary/aromatic N) is 3. The van der Waals surface area contributed by atoms with Crippen LogP contribution in [0.15, 0.2) is 40.8 Å². The molecule has 0 radical (unpaired) electrons. The fraction of sp³-hybridized carbons (Fsp3) is 0.158. The van der Waals surface area contributed by atoms with E-state index >= 15 is 0 Å². The molecule has 0 atom stereocenters. The first-order valence-electron chi connectivity index (χ1n) is 8.22. The maximum Gasteiger partial charge on any atom is 0.267 e. The number of hydrogen-bond acceptors (Lipinski definition) is 6. The molecule has 1 aromatic carbocycles. The summed E-state index contributed by atoms with van der Waals surface area (Å²) in [6.07, 6.45) is 1.47. The lowest BCUT2D eigenvalue weighted by molar-refractivity contribution is 0.103. The molecule has 0 fully saturated rings. The standard InChI is InChI=1S/C19H16N4O2S2/c1-10-4-6-12(7-5-10)13-8-26-19(21-13)22-16(24)15-11(2)14-17(27-15)20-9-23(3)18(14)25/h4-9H,1-3H3,(H,21,22,24). The molecule has 4 aromatic rings. The molecule has 0 aliphatic heterocycles. The Kier molecular flexibility index (Phi) is 4.37. The molecule has 8 heteroatoms. The van der Waals surface area contributed by atoms with Crippen molar-refractivity contribution in [3.8, 4) is 11.3 Å². The second-order valence-corrected chi connectivity index (χ2v) is 8.11. The van der Waals surface area contributed by atoms with E-state index in [0.29, 0.717) is 25.8 Å². The number of rotatable bonds is 3. The normalized spacial score (nSPS) is 11.1. The van der Waals surface area contributed by atoms with Gasteiger partial charge in [-0.2, -0.15) is 0 Å². The second-order valence-electron chi connectivity index (χ2n) is 6.26. The Morgan fingerprint density at radius 3 is 2.67 bits per heavy atom. The lowest BCUT2D eigenvalue weighted by atomic mass is 10.1. The van der Waals surface area contributed by atoms with E-state index < -0.39 is 0 Å². The molecule has 1 amide bonds. The van der Waals surface area contributed by atoms with E-state index in [0.717, 1.165) is 11.3 Å². The first-order valence-corrected chi connectivity index (χ1v) is 9.92. The van der Waals surface area contributed by atoms with E-state index in [9.17, 15) is 9.59 Å². The minimum Gasteiger partial charge on any atom is -0.302 e. The Morgan fingerprint density at radius 2 is 1.93 bits per heavy atom. The average Bonchev–Trinajstić information content (AvgIpc) is 3.24. The number of fused-ring (bicyclic) bond motifs is 1. The maximum absolute atomic E-state index is 12.7. The van der Waals surface area contributed by atoms with Gasteiger partial charge < -0.3 is 4.57 Å². The van der Waals surface area contributed by atoms with Gasteiger partial charge in [0.25, 0.3) is 11.5 Å². The summed E-state index contributed by atoms with van der Waals surface area (Å²) in [7, 11) is 1.65. The van der Waals surface area contributed by atoms with Gasteiger partial charge in [-0.3, -0.25) is 14.9 Å². The van der Waals surface area contributed by atoms with Crippen molar-refractivity contribution in [3.63, 3.8) is 0 Å². The molecular weight excluding hydrogens is 380 g/mol. The molecule has 6 nitrogen and oxygen atoms in total. The highest BCUT2D eigenvalue weighted by molar-refractivity contribution is 7.21. The van der Waals surface area contributed by atoms with Crippen molar-refractivity contribution >= 4 is 43.9 Å². The van der Waals surface area contributed by atoms with Crippen LogP contribution in [0.2, 0.25) is 0 Å². The molecule has 0 aliphatic carbocycles. The fourth-order valence-corrected chi connectivity index (χ4v) is 4.52. The van der Waals surface area contributed by atoms with Crippen LogP contribution in [0, 0.1) is 13.8 Å². The van der Waals surface area contributed by atoms with Gasteiger partial charge in [-0.05, 0) is 19.4 Å². The molecule has 0 spiro atoms. The van der Waals surface area contributed by atoms with Crippen LogP contribution in [-0.2, 0) is 7.05 Å². The third-order valence-corrected chi connectivity index (χ3v) is 6.25. The van der Waals surface area contributed by atoms with Crippen LogP contribution >= 0.6 is 22.7 Å². The van der Waals surface area contributed by atoms with Gasteiger partial charge in [0.1, 0.15) is 4.83 Å². The zero-order chi connectivity index (χ0) is 19.1. The number of aryl methyl sites for hydroxylation is 3. The third-order valence-electron chi connectivity index (χ3n) is 4.29. The third kappa shape index (κ3) is 3.17. The first-order chi connectivity index (χ1) is 12.9. The van der Waals surface area contributed by atoms with E-state index in [1.807, 2.05) is 36.6 Å². The zero-order valence-corrected chi connectivity index (χ0v) is 16.6. The van der Waals surface area contributed by atoms with Gasteiger partial charge in [0.15, 0.2) is 5.13 Å². The Bertz CT molecular complexity index is 1220. The Hall–Kier alpha value is -2.84. The number of benzene rings is 1. The minimum absolute atomic E-state index is 0.149. The number of carbonyl (C=O) groups excluding carboxylic acids is 1. The molecule has 3 heterocycles. The zero-order valence-electron chi connectivity index (χ0n) is 14.9. The van der Waals surface area contributed by atoms with Crippen molar-refractivity contribution in [1.29, 1.82) is 0 Å². The molecule has 0 unspecified atom stereocenters. The number of amides is 1. The van der Waals surface area contributed by atoms with Gasteiger partial charge in [-0.15, -0.1) is 22.7 Å². The molecule has 0 saturated heterocycles. The molecule has 4 rings (SSSR count). The van der Waals surface area contributed by atoms with Crippen LogP contribution in [0.3, 0.4) is 0 Å². The highest BCUT2D eigenvalue weighted by Gasteiger charge is 2.20. The number of thiazole rings is 1. The van der Waals surface area contributed by atoms with Crippen molar-refractivity contribution in [2.24, 2.45) is 7.05 Å². The molecule has 0 saturated carbocycles. The summed E-state index contributed by atoms with van der Waals surface area (Å²) in [5.74, 6) is -0.276. The van der Waals surface area contributed by atoms with Crippen molar-refractivity contribution in [2.45, 2.75) is 13.8 Å². The van der Waals surface area contributed by atoms with E-state index in [4.69, 9.17) is 0 Å². The molecule has 1 N–H and O–H groups in total. The summed E-state index contributed by atoms with van der Waals surface area (Å²) in [5.41, 5.74) is 3.50. The summed E-state index contributed by atoms with van der Waals surface area (Å²) >= 11 is 2.59. The number of thiophene rings is 1. The topological polar surface area (TPSA) is 76.9 Å². The Morgan fingerprint density at radius 1 is 1.19 bits per heavy atom. The minimum atomic E-state index is -0.276. The fourth-order valence-electron chi connectivity index (χ4n) is 2.77.